The number of carbonyl (C=O) groups excluding carboxylic acids is 1. The van der Waals surface area contributed by atoms with Crippen LogP contribution in [0.1, 0.15) is 27.2 Å². The predicted octanol–water partition coefficient (Wildman–Crippen LogP) is 3.58. The number of anilines is 2. The number of fused-ring (bicyclic) bond motifs is 1. The number of carbonyl (C=O) groups is 1. The van der Waals surface area contributed by atoms with Crippen LogP contribution in [0.2, 0.25) is 0 Å². The minimum absolute atomic E-state index is 0.0830. The van der Waals surface area contributed by atoms with Crippen molar-refractivity contribution in [2.45, 2.75) is 38.1 Å². The van der Waals surface area contributed by atoms with Gasteiger partial charge in [-0.15, -0.1) is 11.8 Å². The number of rotatable bonds is 4. The molecule has 1 aliphatic heterocycles. The first-order valence-corrected chi connectivity index (χ1v) is 7.42. The molecule has 0 fully saturated rings. The highest BCUT2D eigenvalue weighted by Gasteiger charge is 2.16. The van der Waals surface area contributed by atoms with Crippen molar-refractivity contribution in [3.8, 4) is 0 Å². The standard InChI is InChI=1S/C14H20N2OS/c1-4-9(2)10(3)15-11-5-6-13-12(7-11)16-14(17)8-18-13/h5-7,9-10,15H,4,8H2,1-3H3,(H,16,17). The zero-order valence-corrected chi connectivity index (χ0v) is 11.9. The molecule has 2 N–H and O–H groups in total. The molecular weight excluding hydrogens is 244 g/mol. The minimum Gasteiger partial charge on any atom is -0.382 e. The van der Waals surface area contributed by atoms with Crippen molar-refractivity contribution in [2.75, 3.05) is 16.4 Å². The lowest BCUT2D eigenvalue weighted by Crippen LogP contribution is -2.23. The van der Waals surface area contributed by atoms with Crippen molar-refractivity contribution < 1.29 is 4.79 Å². The van der Waals surface area contributed by atoms with Crippen LogP contribution in [-0.4, -0.2) is 17.7 Å². The van der Waals surface area contributed by atoms with Crippen molar-refractivity contribution in [3.05, 3.63) is 18.2 Å². The molecule has 1 heterocycles. The van der Waals surface area contributed by atoms with Gasteiger partial charge in [0.05, 0.1) is 11.4 Å². The highest BCUT2D eigenvalue weighted by molar-refractivity contribution is 8.00. The molecule has 0 radical (unpaired) electrons. The van der Waals surface area contributed by atoms with Crippen LogP contribution in [0.5, 0.6) is 0 Å². The maximum atomic E-state index is 11.4. The lowest BCUT2D eigenvalue weighted by Gasteiger charge is -2.23. The molecule has 2 unspecified atom stereocenters. The summed E-state index contributed by atoms with van der Waals surface area (Å²) in [6, 6.07) is 6.62. The Hall–Kier alpha value is -1.16. The van der Waals surface area contributed by atoms with Crippen molar-refractivity contribution in [1.29, 1.82) is 0 Å². The van der Waals surface area contributed by atoms with Gasteiger partial charge in [-0.25, -0.2) is 0 Å². The average molecular weight is 264 g/mol. The third kappa shape index (κ3) is 2.99. The number of amides is 1. The molecule has 0 saturated carbocycles. The summed E-state index contributed by atoms with van der Waals surface area (Å²) < 4.78 is 0. The fourth-order valence-electron chi connectivity index (χ4n) is 1.93. The van der Waals surface area contributed by atoms with Crippen LogP contribution in [0.3, 0.4) is 0 Å². The predicted molar refractivity (Wildman–Crippen MR) is 78.3 cm³/mol. The maximum Gasteiger partial charge on any atom is 0.234 e. The van der Waals surface area contributed by atoms with Crippen LogP contribution in [0.25, 0.3) is 0 Å². The summed E-state index contributed by atoms with van der Waals surface area (Å²) in [5.74, 6) is 1.23. The van der Waals surface area contributed by atoms with E-state index in [-0.39, 0.29) is 5.91 Å². The smallest absolute Gasteiger partial charge is 0.234 e. The van der Waals surface area contributed by atoms with Crippen LogP contribution >= 0.6 is 11.8 Å². The van der Waals surface area contributed by atoms with E-state index in [0.717, 1.165) is 22.7 Å². The summed E-state index contributed by atoms with van der Waals surface area (Å²) in [5.41, 5.74) is 2.00. The van der Waals surface area contributed by atoms with E-state index in [2.05, 4.69) is 43.5 Å². The van der Waals surface area contributed by atoms with Crippen molar-refractivity contribution in [2.24, 2.45) is 5.92 Å². The van der Waals surface area contributed by atoms with E-state index in [1.807, 2.05) is 6.07 Å². The van der Waals surface area contributed by atoms with Gasteiger partial charge in [-0.3, -0.25) is 4.79 Å². The van der Waals surface area contributed by atoms with E-state index in [0.29, 0.717) is 17.7 Å². The third-order valence-corrected chi connectivity index (χ3v) is 4.58. The molecule has 98 valence electrons. The number of hydrogen-bond donors (Lipinski definition) is 2. The van der Waals surface area contributed by atoms with E-state index in [1.54, 1.807) is 11.8 Å². The number of hydrogen-bond acceptors (Lipinski definition) is 3. The lowest BCUT2D eigenvalue weighted by atomic mass is 10.0. The molecular formula is C14H20N2OS. The van der Waals surface area contributed by atoms with Crippen LogP contribution in [0.15, 0.2) is 23.1 Å². The summed E-state index contributed by atoms with van der Waals surface area (Å²) in [6.45, 7) is 6.64. The van der Waals surface area contributed by atoms with Crippen LogP contribution in [-0.2, 0) is 4.79 Å². The van der Waals surface area contributed by atoms with Gasteiger partial charge in [0.25, 0.3) is 0 Å². The molecule has 0 aromatic heterocycles. The SMILES string of the molecule is CCC(C)C(C)Nc1ccc2c(c1)NC(=O)CS2. The number of thioether (sulfide) groups is 1. The Morgan fingerprint density at radius 1 is 1.44 bits per heavy atom. The Balaban J connectivity index is 2.11. The number of benzene rings is 1. The largest absolute Gasteiger partial charge is 0.382 e. The molecule has 0 spiro atoms. The van der Waals surface area contributed by atoms with Gasteiger partial charge in [0.15, 0.2) is 0 Å². The van der Waals surface area contributed by atoms with Gasteiger partial charge < -0.3 is 10.6 Å². The molecule has 0 bridgehead atoms. The average Bonchev–Trinajstić information content (AvgIpc) is 2.37. The monoisotopic (exact) mass is 264 g/mol. The fraction of sp³-hybridized carbons (Fsp3) is 0.500. The minimum atomic E-state index is 0.0830. The van der Waals surface area contributed by atoms with E-state index in [9.17, 15) is 4.79 Å². The van der Waals surface area contributed by atoms with Gasteiger partial charge in [0.1, 0.15) is 0 Å². The molecule has 2 rings (SSSR count). The molecule has 0 saturated heterocycles. The first kappa shape index (κ1) is 13.3. The highest BCUT2D eigenvalue weighted by atomic mass is 32.2. The summed E-state index contributed by atoms with van der Waals surface area (Å²) in [5, 5.41) is 6.41. The molecule has 18 heavy (non-hydrogen) atoms. The highest BCUT2D eigenvalue weighted by Crippen LogP contribution is 2.33. The van der Waals surface area contributed by atoms with Crippen molar-refractivity contribution in [1.82, 2.24) is 0 Å². The van der Waals surface area contributed by atoms with Gasteiger partial charge in [0.2, 0.25) is 5.91 Å². The normalized spacial score (nSPS) is 17.6. The van der Waals surface area contributed by atoms with Gasteiger partial charge in [-0.1, -0.05) is 20.3 Å². The lowest BCUT2D eigenvalue weighted by molar-refractivity contribution is -0.113. The summed E-state index contributed by atoms with van der Waals surface area (Å²) in [7, 11) is 0. The Bertz CT molecular complexity index is 447. The van der Waals surface area contributed by atoms with E-state index in [1.165, 1.54) is 0 Å². The first-order valence-electron chi connectivity index (χ1n) is 6.43. The summed E-state index contributed by atoms with van der Waals surface area (Å²) in [4.78, 5) is 12.5. The van der Waals surface area contributed by atoms with Gasteiger partial charge in [-0.2, -0.15) is 0 Å². The third-order valence-electron chi connectivity index (χ3n) is 3.50. The zero-order chi connectivity index (χ0) is 13.1. The Morgan fingerprint density at radius 3 is 2.94 bits per heavy atom. The van der Waals surface area contributed by atoms with E-state index < -0.39 is 0 Å². The van der Waals surface area contributed by atoms with Crippen LogP contribution < -0.4 is 10.6 Å². The van der Waals surface area contributed by atoms with Gasteiger partial charge in [0, 0.05) is 16.6 Å². The molecule has 1 aromatic carbocycles. The maximum absolute atomic E-state index is 11.4. The molecule has 2 atom stereocenters. The molecule has 1 aromatic rings. The summed E-state index contributed by atoms with van der Waals surface area (Å²) in [6.07, 6.45) is 1.16. The Kier molecular flexibility index (Phi) is 4.17. The molecule has 3 nitrogen and oxygen atoms in total. The molecule has 4 heteroatoms. The topological polar surface area (TPSA) is 41.1 Å². The van der Waals surface area contributed by atoms with Crippen molar-refractivity contribution in [3.63, 3.8) is 0 Å². The molecule has 1 amide bonds. The second-order valence-electron chi connectivity index (χ2n) is 4.87. The first-order chi connectivity index (χ1) is 8.60. The second-order valence-corrected chi connectivity index (χ2v) is 5.88. The van der Waals surface area contributed by atoms with E-state index in [4.69, 9.17) is 0 Å². The quantitative estimate of drug-likeness (QED) is 0.873. The Morgan fingerprint density at radius 2 is 2.22 bits per heavy atom. The van der Waals surface area contributed by atoms with E-state index >= 15 is 0 Å². The second kappa shape index (κ2) is 5.65. The van der Waals surface area contributed by atoms with Gasteiger partial charge in [-0.05, 0) is 31.0 Å². The van der Waals surface area contributed by atoms with Crippen molar-refractivity contribution >= 4 is 29.0 Å². The zero-order valence-electron chi connectivity index (χ0n) is 11.1. The van der Waals surface area contributed by atoms with Gasteiger partial charge >= 0.3 is 0 Å². The van der Waals surface area contributed by atoms with Crippen LogP contribution in [0, 0.1) is 5.92 Å². The fourth-order valence-corrected chi connectivity index (χ4v) is 2.72. The summed E-state index contributed by atoms with van der Waals surface area (Å²) >= 11 is 1.60. The van der Waals surface area contributed by atoms with Crippen LogP contribution in [0.4, 0.5) is 11.4 Å². The number of nitrogens with one attached hydrogen (secondary N) is 2. The molecule has 0 aliphatic carbocycles. The Labute approximate surface area is 113 Å². The molecule has 1 aliphatic rings.